The number of aromatic nitrogens is 4. The molecule has 0 spiro atoms. The number of hydrogen-bond donors (Lipinski definition) is 0. The van der Waals surface area contributed by atoms with Crippen LogP contribution in [0.2, 0.25) is 0 Å². The van der Waals surface area contributed by atoms with Gasteiger partial charge in [0.1, 0.15) is 5.01 Å². The van der Waals surface area contributed by atoms with Gasteiger partial charge in [0.15, 0.2) is 16.2 Å². The molecule has 0 N–H and O–H groups in total. The van der Waals surface area contributed by atoms with Gasteiger partial charge in [-0.3, -0.25) is 4.79 Å². The van der Waals surface area contributed by atoms with Gasteiger partial charge in [-0.2, -0.15) is 0 Å². The molecule has 0 aliphatic carbocycles. The Kier molecular flexibility index (Phi) is 5.59. The Morgan fingerprint density at radius 3 is 2.79 bits per heavy atom. The average Bonchev–Trinajstić information content (AvgIpc) is 3.16. The van der Waals surface area contributed by atoms with Gasteiger partial charge < -0.3 is 18.8 Å². The lowest BCUT2D eigenvalue weighted by Gasteiger charge is -2.23. The molecular weight excluding hydrogens is 392 g/mol. The van der Waals surface area contributed by atoms with Crippen LogP contribution in [0.1, 0.15) is 17.0 Å². The second-order valence-corrected chi connectivity index (χ2v) is 7.89. The van der Waals surface area contributed by atoms with E-state index in [0.717, 1.165) is 41.3 Å². The molecule has 0 saturated carbocycles. The summed E-state index contributed by atoms with van der Waals surface area (Å²) in [6.45, 7) is 3.77. The van der Waals surface area contributed by atoms with Gasteiger partial charge in [-0.25, -0.2) is 4.98 Å². The number of methoxy groups -OCH3 is 2. The van der Waals surface area contributed by atoms with Gasteiger partial charge in [-0.1, -0.05) is 11.3 Å². The average molecular weight is 414 g/mol. The Balaban J connectivity index is 1.71. The largest absolute Gasteiger partial charge is 0.488 e. The Labute approximate surface area is 172 Å². The fourth-order valence-corrected chi connectivity index (χ4v) is 4.04. The van der Waals surface area contributed by atoms with Crippen molar-refractivity contribution in [3.63, 3.8) is 0 Å². The first-order valence-corrected chi connectivity index (χ1v) is 10.2. The summed E-state index contributed by atoms with van der Waals surface area (Å²) in [4.78, 5) is 17.4. The molecule has 1 aliphatic rings. The predicted molar refractivity (Wildman–Crippen MR) is 110 cm³/mol. The van der Waals surface area contributed by atoms with E-state index < -0.39 is 0 Å². The zero-order valence-electron chi connectivity index (χ0n) is 16.6. The van der Waals surface area contributed by atoms with E-state index >= 15 is 0 Å². The van der Waals surface area contributed by atoms with E-state index in [1.807, 2.05) is 23.8 Å². The minimum atomic E-state index is -0.0964. The van der Waals surface area contributed by atoms with Crippen molar-refractivity contribution in [1.29, 1.82) is 0 Å². The molecule has 0 saturated heterocycles. The zero-order chi connectivity index (χ0) is 20.4. The maximum atomic E-state index is 12.8. The smallest absolute Gasteiger partial charge is 0.257 e. The van der Waals surface area contributed by atoms with Crippen molar-refractivity contribution < 1.29 is 14.2 Å². The molecule has 0 radical (unpaired) electrons. The van der Waals surface area contributed by atoms with Crippen LogP contribution in [-0.4, -0.2) is 47.2 Å². The van der Waals surface area contributed by atoms with E-state index in [4.69, 9.17) is 14.2 Å². The van der Waals surface area contributed by atoms with Crippen molar-refractivity contribution >= 4 is 11.3 Å². The molecule has 0 aromatic carbocycles. The fourth-order valence-electron chi connectivity index (χ4n) is 3.33. The quantitative estimate of drug-likeness (QED) is 0.549. The van der Waals surface area contributed by atoms with Gasteiger partial charge >= 0.3 is 0 Å². The van der Waals surface area contributed by atoms with Crippen molar-refractivity contribution in [3.8, 4) is 33.6 Å². The molecule has 8 nitrogen and oxygen atoms in total. The van der Waals surface area contributed by atoms with Gasteiger partial charge in [0.25, 0.3) is 5.88 Å². The van der Waals surface area contributed by atoms with Crippen LogP contribution in [0.3, 0.4) is 0 Å². The molecule has 0 atom stereocenters. The number of hydrogen-bond acceptors (Lipinski definition) is 8. The molecule has 4 heterocycles. The third-order valence-electron chi connectivity index (χ3n) is 4.73. The predicted octanol–water partition coefficient (Wildman–Crippen LogP) is 2.72. The molecule has 0 fully saturated rings. The summed E-state index contributed by atoms with van der Waals surface area (Å²) in [5.74, 6) is 1.02. The molecule has 0 amide bonds. The highest BCUT2D eigenvalue weighted by molar-refractivity contribution is 7.14. The lowest BCUT2D eigenvalue weighted by atomic mass is 10.0. The highest BCUT2D eigenvalue weighted by Gasteiger charge is 2.23. The van der Waals surface area contributed by atoms with Gasteiger partial charge in [-0.15, -0.1) is 10.2 Å². The van der Waals surface area contributed by atoms with E-state index in [2.05, 4.69) is 15.2 Å². The maximum absolute atomic E-state index is 12.8. The first-order chi connectivity index (χ1) is 14.1. The topological polar surface area (TPSA) is 88.4 Å². The minimum Gasteiger partial charge on any atom is -0.488 e. The summed E-state index contributed by atoms with van der Waals surface area (Å²) in [5.41, 5.74) is 3.01. The molecular formula is C20H22N4O4S. The van der Waals surface area contributed by atoms with Crippen molar-refractivity contribution in [3.05, 3.63) is 39.1 Å². The fraction of sp³-hybridized carbons (Fsp3) is 0.400. The Morgan fingerprint density at radius 1 is 1.21 bits per heavy atom. The second kappa shape index (κ2) is 8.30. The first-order valence-electron chi connectivity index (χ1n) is 9.35. The zero-order valence-corrected chi connectivity index (χ0v) is 17.4. The lowest BCUT2D eigenvalue weighted by Crippen LogP contribution is -2.19. The molecule has 4 rings (SSSR count). The van der Waals surface area contributed by atoms with Gasteiger partial charge in [0.05, 0.1) is 30.7 Å². The summed E-state index contributed by atoms with van der Waals surface area (Å²) < 4.78 is 18.4. The SMILES string of the molecule is COCCCOc1cc2c(nc1OC)-c1cc(=O)c(-c3nnc(C)s3)cn1CC2. The molecule has 1 aliphatic heterocycles. The van der Waals surface area contributed by atoms with Gasteiger partial charge in [-0.05, 0) is 25.0 Å². The summed E-state index contributed by atoms with van der Waals surface area (Å²) in [6.07, 6.45) is 3.41. The van der Waals surface area contributed by atoms with Crippen LogP contribution in [0.4, 0.5) is 0 Å². The van der Waals surface area contributed by atoms with E-state index in [9.17, 15) is 4.79 Å². The number of pyridine rings is 2. The van der Waals surface area contributed by atoms with Crippen LogP contribution in [0.15, 0.2) is 23.1 Å². The van der Waals surface area contributed by atoms with Crippen molar-refractivity contribution in [2.24, 2.45) is 0 Å². The van der Waals surface area contributed by atoms with Crippen LogP contribution in [0.5, 0.6) is 11.6 Å². The van der Waals surface area contributed by atoms with Gasteiger partial charge in [0, 0.05) is 38.9 Å². The number of aryl methyl sites for hydroxylation is 3. The number of fused-ring (bicyclic) bond motifs is 3. The molecule has 152 valence electrons. The highest BCUT2D eigenvalue weighted by atomic mass is 32.1. The van der Waals surface area contributed by atoms with Crippen molar-refractivity contribution in [1.82, 2.24) is 19.7 Å². The number of nitrogens with zero attached hydrogens (tertiary/aromatic N) is 4. The maximum Gasteiger partial charge on any atom is 0.257 e. The van der Waals surface area contributed by atoms with E-state index in [-0.39, 0.29) is 5.43 Å². The van der Waals surface area contributed by atoms with Crippen molar-refractivity contribution in [2.75, 3.05) is 27.4 Å². The highest BCUT2D eigenvalue weighted by Crippen LogP contribution is 2.35. The van der Waals surface area contributed by atoms with Crippen LogP contribution >= 0.6 is 11.3 Å². The second-order valence-electron chi connectivity index (χ2n) is 6.70. The summed E-state index contributed by atoms with van der Waals surface area (Å²) in [5, 5.41) is 9.60. The summed E-state index contributed by atoms with van der Waals surface area (Å²) >= 11 is 1.41. The van der Waals surface area contributed by atoms with E-state index in [0.29, 0.717) is 35.4 Å². The molecule has 9 heteroatoms. The normalized spacial score (nSPS) is 12.4. The van der Waals surface area contributed by atoms with E-state index in [1.165, 1.54) is 11.3 Å². The molecule has 0 unspecified atom stereocenters. The van der Waals surface area contributed by atoms with E-state index in [1.54, 1.807) is 20.3 Å². The molecule has 0 bridgehead atoms. The van der Waals surface area contributed by atoms with Crippen molar-refractivity contribution in [2.45, 2.75) is 26.3 Å². The number of ether oxygens (including phenoxy) is 3. The van der Waals surface area contributed by atoms with Crippen LogP contribution in [0, 0.1) is 6.92 Å². The van der Waals surface area contributed by atoms with Crippen LogP contribution < -0.4 is 14.9 Å². The third-order valence-corrected chi connectivity index (χ3v) is 5.60. The van der Waals surface area contributed by atoms with Gasteiger partial charge in [0.2, 0.25) is 0 Å². The number of rotatable bonds is 7. The molecule has 3 aromatic rings. The molecule has 29 heavy (non-hydrogen) atoms. The monoisotopic (exact) mass is 414 g/mol. The van der Waals surface area contributed by atoms with Crippen LogP contribution in [-0.2, 0) is 17.7 Å². The lowest BCUT2D eigenvalue weighted by molar-refractivity contribution is 0.170. The Hall–Kier alpha value is -2.78. The third kappa shape index (κ3) is 3.88. The first kappa shape index (κ1) is 19.5. The minimum absolute atomic E-state index is 0.0964. The van der Waals surface area contributed by atoms with Crippen LogP contribution in [0.25, 0.3) is 22.0 Å². The Bertz CT molecular complexity index is 1090. The molecule has 3 aromatic heterocycles. The summed E-state index contributed by atoms with van der Waals surface area (Å²) in [6, 6.07) is 3.58. The Morgan fingerprint density at radius 2 is 2.07 bits per heavy atom. The standard InChI is InChI=1S/C20H22N4O4S/c1-12-22-23-20(29-12)14-11-24-6-5-13-9-17(28-8-4-7-26-2)19(27-3)21-18(13)15(24)10-16(14)25/h9-11H,4-8H2,1-3H3. The summed E-state index contributed by atoms with van der Waals surface area (Å²) in [7, 11) is 3.23.